The molecule has 1 saturated heterocycles. The van der Waals surface area contributed by atoms with E-state index in [1.54, 1.807) is 12.1 Å². The molecule has 0 radical (unpaired) electrons. The van der Waals surface area contributed by atoms with Gasteiger partial charge in [-0.25, -0.2) is 0 Å². The fourth-order valence-electron chi connectivity index (χ4n) is 4.34. The summed E-state index contributed by atoms with van der Waals surface area (Å²) in [4.78, 5) is 17.7. The molecule has 2 aromatic carbocycles. The molecule has 1 atom stereocenters. The number of carbonyl (C=O) groups is 1. The van der Waals surface area contributed by atoms with Gasteiger partial charge in [-0.3, -0.25) is 4.79 Å². The van der Waals surface area contributed by atoms with Gasteiger partial charge < -0.3 is 9.80 Å². The zero-order chi connectivity index (χ0) is 19.7. The number of likely N-dealkylation sites (tertiary alicyclic amines) is 1. The third-order valence-electron chi connectivity index (χ3n) is 5.78. The van der Waals surface area contributed by atoms with E-state index in [1.807, 2.05) is 23.1 Å². The lowest BCUT2D eigenvalue weighted by atomic mass is 9.91. The summed E-state index contributed by atoms with van der Waals surface area (Å²) in [5, 5.41) is 1.79. The van der Waals surface area contributed by atoms with Gasteiger partial charge in [0.05, 0.1) is 22.5 Å². The fourth-order valence-corrected chi connectivity index (χ4v) is 4.94. The van der Waals surface area contributed by atoms with Crippen LogP contribution < -0.4 is 0 Å². The lowest BCUT2D eigenvalue weighted by molar-refractivity contribution is -0.133. The van der Waals surface area contributed by atoms with Gasteiger partial charge in [-0.05, 0) is 67.2 Å². The standard InChI is InChI=1S/C22H23Cl3N2O/c23-18-5-3-4-17-16(18)8-11-27(21(17)14-26-9-1-2-10-26)22(28)13-15-6-7-19(24)20(25)12-15/h3-7,12,21H,1-2,8-11,13-14H2/t21-/m1/s1. The largest absolute Gasteiger partial charge is 0.334 e. The van der Waals surface area contributed by atoms with Gasteiger partial charge >= 0.3 is 0 Å². The molecule has 28 heavy (non-hydrogen) atoms. The molecular formula is C22H23Cl3N2O. The SMILES string of the molecule is O=C(Cc1ccc(Cl)c(Cl)c1)N1CCc2c(Cl)cccc2[C@H]1CN1CCCC1. The first-order chi connectivity index (χ1) is 13.5. The maximum atomic E-state index is 13.2. The molecule has 0 spiro atoms. The van der Waals surface area contributed by atoms with E-state index in [9.17, 15) is 4.79 Å². The highest BCUT2D eigenvalue weighted by Crippen LogP contribution is 2.35. The summed E-state index contributed by atoms with van der Waals surface area (Å²) in [6.45, 7) is 3.75. The Morgan fingerprint density at radius 1 is 0.964 bits per heavy atom. The monoisotopic (exact) mass is 436 g/mol. The highest BCUT2D eigenvalue weighted by Gasteiger charge is 2.33. The van der Waals surface area contributed by atoms with E-state index in [2.05, 4.69) is 11.0 Å². The van der Waals surface area contributed by atoms with Crippen LogP contribution in [0.5, 0.6) is 0 Å². The van der Waals surface area contributed by atoms with Gasteiger partial charge in [0.15, 0.2) is 0 Å². The summed E-state index contributed by atoms with van der Waals surface area (Å²) in [5.41, 5.74) is 3.26. The number of fused-ring (bicyclic) bond motifs is 1. The van der Waals surface area contributed by atoms with E-state index in [4.69, 9.17) is 34.8 Å². The average molecular weight is 438 g/mol. The Balaban J connectivity index is 1.60. The van der Waals surface area contributed by atoms with Gasteiger partial charge in [0, 0.05) is 18.1 Å². The normalized spacial score (nSPS) is 19.7. The first-order valence-electron chi connectivity index (χ1n) is 9.76. The van der Waals surface area contributed by atoms with Crippen molar-refractivity contribution >= 4 is 40.7 Å². The molecule has 2 heterocycles. The number of rotatable bonds is 4. The molecule has 6 heteroatoms. The average Bonchev–Trinajstić information content (AvgIpc) is 3.18. The second kappa shape index (κ2) is 8.62. The van der Waals surface area contributed by atoms with Gasteiger partial charge in [-0.15, -0.1) is 0 Å². The molecule has 0 unspecified atom stereocenters. The summed E-state index contributed by atoms with van der Waals surface area (Å²) < 4.78 is 0. The van der Waals surface area contributed by atoms with Crippen LogP contribution >= 0.6 is 34.8 Å². The van der Waals surface area contributed by atoms with Crippen molar-refractivity contribution in [3.05, 3.63) is 68.2 Å². The summed E-state index contributed by atoms with van der Waals surface area (Å²) in [7, 11) is 0. The minimum absolute atomic E-state index is 0.0378. The van der Waals surface area contributed by atoms with Crippen molar-refractivity contribution in [2.45, 2.75) is 31.7 Å². The van der Waals surface area contributed by atoms with E-state index in [1.165, 1.54) is 24.0 Å². The van der Waals surface area contributed by atoms with Crippen LogP contribution in [-0.4, -0.2) is 41.9 Å². The van der Waals surface area contributed by atoms with Crippen molar-refractivity contribution in [2.24, 2.45) is 0 Å². The first kappa shape index (κ1) is 20.0. The number of hydrogen-bond donors (Lipinski definition) is 0. The lowest BCUT2D eigenvalue weighted by Crippen LogP contribution is -2.45. The van der Waals surface area contributed by atoms with E-state index in [0.717, 1.165) is 36.6 Å². The van der Waals surface area contributed by atoms with Gasteiger partial charge in [0.25, 0.3) is 0 Å². The lowest BCUT2D eigenvalue weighted by Gasteiger charge is -2.39. The molecule has 2 aliphatic heterocycles. The number of hydrogen-bond acceptors (Lipinski definition) is 2. The maximum Gasteiger partial charge on any atom is 0.227 e. The van der Waals surface area contributed by atoms with Crippen molar-refractivity contribution in [1.82, 2.24) is 9.80 Å². The fraction of sp³-hybridized carbons (Fsp3) is 0.409. The van der Waals surface area contributed by atoms with E-state index in [-0.39, 0.29) is 11.9 Å². The molecule has 0 N–H and O–H groups in total. The molecule has 3 nitrogen and oxygen atoms in total. The minimum atomic E-state index is 0.0378. The highest BCUT2D eigenvalue weighted by atomic mass is 35.5. The topological polar surface area (TPSA) is 23.6 Å². The minimum Gasteiger partial charge on any atom is -0.334 e. The Labute approximate surface area is 181 Å². The van der Waals surface area contributed by atoms with Crippen LogP contribution in [0.25, 0.3) is 0 Å². The van der Waals surface area contributed by atoms with Crippen molar-refractivity contribution in [3.63, 3.8) is 0 Å². The summed E-state index contributed by atoms with van der Waals surface area (Å²) >= 11 is 18.6. The van der Waals surface area contributed by atoms with E-state index in [0.29, 0.717) is 23.0 Å². The van der Waals surface area contributed by atoms with Crippen LogP contribution in [0.2, 0.25) is 15.1 Å². The molecule has 2 aromatic rings. The summed E-state index contributed by atoms with van der Waals surface area (Å²) in [6.07, 6.45) is 3.57. The van der Waals surface area contributed by atoms with Crippen molar-refractivity contribution in [2.75, 3.05) is 26.2 Å². The highest BCUT2D eigenvalue weighted by molar-refractivity contribution is 6.42. The molecular weight excluding hydrogens is 415 g/mol. The van der Waals surface area contributed by atoms with Crippen LogP contribution in [0.3, 0.4) is 0 Å². The number of carbonyl (C=O) groups excluding carboxylic acids is 1. The zero-order valence-corrected chi connectivity index (χ0v) is 17.9. The third kappa shape index (κ3) is 4.18. The second-order valence-electron chi connectivity index (χ2n) is 7.59. The van der Waals surface area contributed by atoms with E-state index >= 15 is 0 Å². The van der Waals surface area contributed by atoms with Crippen LogP contribution in [0.4, 0.5) is 0 Å². The predicted molar refractivity (Wildman–Crippen MR) is 115 cm³/mol. The Bertz CT molecular complexity index is 880. The van der Waals surface area contributed by atoms with Crippen molar-refractivity contribution in [1.29, 1.82) is 0 Å². The Morgan fingerprint density at radius 3 is 2.50 bits per heavy atom. The second-order valence-corrected chi connectivity index (χ2v) is 8.82. The van der Waals surface area contributed by atoms with Gasteiger partial charge in [-0.2, -0.15) is 0 Å². The molecule has 4 rings (SSSR count). The van der Waals surface area contributed by atoms with Gasteiger partial charge in [0.1, 0.15) is 0 Å². The molecule has 0 saturated carbocycles. The molecule has 0 aromatic heterocycles. The van der Waals surface area contributed by atoms with Crippen LogP contribution in [-0.2, 0) is 17.6 Å². The molecule has 0 aliphatic carbocycles. The zero-order valence-electron chi connectivity index (χ0n) is 15.6. The number of nitrogens with zero attached hydrogens (tertiary/aromatic N) is 2. The molecule has 1 amide bonds. The van der Waals surface area contributed by atoms with Gasteiger partial charge in [-0.1, -0.05) is 53.0 Å². The van der Waals surface area contributed by atoms with Crippen LogP contribution in [0, 0.1) is 0 Å². The Hall–Kier alpha value is -1.26. The number of amides is 1. The number of benzene rings is 2. The van der Waals surface area contributed by atoms with Crippen LogP contribution in [0.15, 0.2) is 36.4 Å². The summed E-state index contributed by atoms with van der Waals surface area (Å²) in [5.74, 6) is 0.119. The Morgan fingerprint density at radius 2 is 1.75 bits per heavy atom. The van der Waals surface area contributed by atoms with Crippen LogP contribution in [0.1, 0.15) is 35.6 Å². The Kier molecular flexibility index (Phi) is 6.17. The third-order valence-corrected chi connectivity index (χ3v) is 6.88. The first-order valence-corrected chi connectivity index (χ1v) is 10.9. The molecule has 1 fully saturated rings. The molecule has 148 valence electrons. The maximum absolute atomic E-state index is 13.2. The smallest absolute Gasteiger partial charge is 0.227 e. The van der Waals surface area contributed by atoms with Crippen molar-refractivity contribution < 1.29 is 4.79 Å². The predicted octanol–water partition coefficient (Wildman–Crippen LogP) is 5.41. The van der Waals surface area contributed by atoms with E-state index < -0.39 is 0 Å². The quantitative estimate of drug-likeness (QED) is 0.638. The molecule has 0 bridgehead atoms. The number of halogens is 3. The molecule has 2 aliphatic rings. The van der Waals surface area contributed by atoms with Crippen molar-refractivity contribution in [3.8, 4) is 0 Å². The summed E-state index contributed by atoms with van der Waals surface area (Å²) in [6, 6.07) is 11.5. The van der Waals surface area contributed by atoms with Gasteiger partial charge in [0.2, 0.25) is 5.91 Å².